The Kier molecular flexibility index (Phi) is 3.54. The molecule has 2 aromatic carbocycles. The van der Waals surface area contributed by atoms with Crippen molar-refractivity contribution in [3.05, 3.63) is 53.1 Å². The number of benzene rings is 2. The maximum atomic E-state index is 9.99. The van der Waals surface area contributed by atoms with Crippen molar-refractivity contribution in [2.24, 2.45) is 4.99 Å². The molecule has 1 heterocycles. The molecule has 0 aliphatic carbocycles. The summed E-state index contributed by atoms with van der Waals surface area (Å²) in [4.78, 5) is 7.29. The van der Waals surface area contributed by atoms with Crippen molar-refractivity contribution >= 4 is 34.4 Å². The molecular weight excluding hydrogens is 288 g/mol. The van der Waals surface area contributed by atoms with Crippen LogP contribution >= 0.6 is 11.6 Å². The zero-order chi connectivity index (χ0) is 14.8. The Bertz CT molecular complexity index is 824. The predicted octanol–water partition coefficient (Wildman–Crippen LogP) is 4.29. The van der Waals surface area contributed by atoms with Crippen LogP contribution in [-0.2, 0) is 0 Å². The van der Waals surface area contributed by atoms with Gasteiger partial charge < -0.3 is 14.8 Å². The van der Waals surface area contributed by atoms with Crippen LogP contribution in [0.5, 0.6) is 11.6 Å². The van der Waals surface area contributed by atoms with Gasteiger partial charge in [-0.3, -0.25) is 4.99 Å². The number of ether oxygens (including phenoxy) is 1. The van der Waals surface area contributed by atoms with Crippen molar-refractivity contribution < 1.29 is 9.84 Å². The van der Waals surface area contributed by atoms with Crippen LogP contribution in [0, 0.1) is 0 Å². The number of rotatable bonds is 3. The summed E-state index contributed by atoms with van der Waals surface area (Å²) in [6.45, 7) is 0. The van der Waals surface area contributed by atoms with E-state index in [-0.39, 0.29) is 5.88 Å². The number of halogens is 1. The van der Waals surface area contributed by atoms with Gasteiger partial charge in [0.2, 0.25) is 0 Å². The minimum Gasteiger partial charge on any atom is -0.494 e. The molecule has 0 saturated carbocycles. The molecule has 0 aliphatic rings. The number of hydrogen-bond donors (Lipinski definition) is 2. The molecule has 0 atom stereocenters. The van der Waals surface area contributed by atoms with Gasteiger partial charge in [0, 0.05) is 22.1 Å². The van der Waals surface area contributed by atoms with Crippen molar-refractivity contribution in [1.29, 1.82) is 0 Å². The van der Waals surface area contributed by atoms with Gasteiger partial charge >= 0.3 is 0 Å². The molecule has 0 bridgehead atoms. The van der Waals surface area contributed by atoms with Crippen LogP contribution in [0.3, 0.4) is 0 Å². The minimum atomic E-state index is 0.0842. The first-order valence-corrected chi connectivity index (χ1v) is 6.74. The molecule has 0 spiro atoms. The van der Waals surface area contributed by atoms with E-state index in [1.165, 1.54) is 0 Å². The lowest BCUT2D eigenvalue weighted by Gasteiger charge is -2.04. The van der Waals surface area contributed by atoms with Gasteiger partial charge in [0.15, 0.2) is 5.88 Å². The number of aromatic amines is 1. The van der Waals surface area contributed by atoms with E-state index in [9.17, 15) is 5.11 Å². The normalized spacial score (nSPS) is 11.3. The molecule has 0 unspecified atom stereocenters. The molecular formula is C16H13ClN2O2. The second-order valence-electron chi connectivity index (χ2n) is 4.51. The summed E-state index contributed by atoms with van der Waals surface area (Å²) in [5.74, 6) is 0.705. The number of aromatic hydroxyl groups is 1. The molecule has 0 fully saturated rings. The second kappa shape index (κ2) is 5.50. The number of aromatic nitrogens is 1. The highest BCUT2D eigenvalue weighted by Gasteiger charge is 2.08. The molecule has 5 heteroatoms. The van der Waals surface area contributed by atoms with Crippen molar-refractivity contribution in [3.8, 4) is 11.6 Å². The van der Waals surface area contributed by atoms with E-state index >= 15 is 0 Å². The summed E-state index contributed by atoms with van der Waals surface area (Å²) in [5.41, 5.74) is 2.09. The molecule has 0 saturated heterocycles. The van der Waals surface area contributed by atoms with E-state index in [1.54, 1.807) is 31.5 Å². The number of aliphatic imine (C=N–C) groups is 1. The van der Waals surface area contributed by atoms with Crippen LogP contribution in [-0.4, -0.2) is 23.4 Å². The van der Waals surface area contributed by atoms with Gasteiger partial charge in [0.25, 0.3) is 0 Å². The summed E-state index contributed by atoms with van der Waals surface area (Å²) >= 11 is 5.98. The summed E-state index contributed by atoms with van der Waals surface area (Å²) in [7, 11) is 1.57. The van der Waals surface area contributed by atoms with E-state index in [1.807, 2.05) is 24.3 Å². The number of para-hydroxylation sites is 1. The van der Waals surface area contributed by atoms with E-state index in [0.29, 0.717) is 22.0 Å². The maximum absolute atomic E-state index is 9.99. The van der Waals surface area contributed by atoms with Crippen molar-refractivity contribution in [3.63, 3.8) is 0 Å². The number of hydrogen-bond acceptors (Lipinski definition) is 3. The first kappa shape index (κ1) is 13.5. The largest absolute Gasteiger partial charge is 0.494 e. The molecule has 3 aromatic rings. The Labute approximate surface area is 126 Å². The van der Waals surface area contributed by atoms with Gasteiger partial charge in [-0.2, -0.15) is 0 Å². The molecule has 4 nitrogen and oxygen atoms in total. The standard InChI is InChI=1S/C16H13ClN2O2/c1-21-15-7-6-10(17)8-14(15)18-9-12-11-4-2-3-5-13(11)19-16(12)20/h2-9,19-20H,1H3. The van der Waals surface area contributed by atoms with Crippen molar-refractivity contribution in [2.45, 2.75) is 0 Å². The van der Waals surface area contributed by atoms with E-state index in [2.05, 4.69) is 9.98 Å². The van der Waals surface area contributed by atoms with Crippen molar-refractivity contribution in [1.82, 2.24) is 4.98 Å². The van der Waals surface area contributed by atoms with E-state index in [4.69, 9.17) is 16.3 Å². The molecule has 106 valence electrons. The van der Waals surface area contributed by atoms with Gasteiger partial charge in [-0.15, -0.1) is 0 Å². The van der Waals surface area contributed by atoms with Crippen LogP contribution < -0.4 is 4.74 Å². The summed E-state index contributed by atoms with van der Waals surface area (Å²) in [5, 5.41) is 11.5. The molecule has 3 rings (SSSR count). The molecule has 0 amide bonds. The van der Waals surface area contributed by atoms with Gasteiger partial charge in [0.1, 0.15) is 11.4 Å². The smallest absolute Gasteiger partial charge is 0.198 e. The third kappa shape index (κ3) is 2.58. The highest BCUT2D eigenvalue weighted by Crippen LogP contribution is 2.31. The Balaban J connectivity index is 2.06. The van der Waals surface area contributed by atoms with Crippen LogP contribution in [0.25, 0.3) is 10.9 Å². The average Bonchev–Trinajstić information content (AvgIpc) is 2.81. The molecule has 0 aliphatic heterocycles. The van der Waals surface area contributed by atoms with E-state index in [0.717, 1.165) is 10.9 Å². The lowest BCUT2D eigenvalue weighted by atomic mass is 10.2. The van der Waals surface area contributed by atoms with Crippen LogP contribution in [0.1, 0.15) is 5.56 Å². The lowest BCUT2D eigenvalue weighted by Crippen LogP contribution is -1.84. The molecule has 1 aromatic heterocycles. The molecule has 21 heavy (non-hydrogen) atoms. The Morgan fingerprint density at radius 1 is 1.24 bits per heavy atom. The SMILES string of the molecule is COc1ccc(Cl)cc1N=Cc1c(O)[nH]c2ccccc12. The fourth-order valence-corrected chi connectivity index (χ4v) is 2.34. The second-order valence-corrected chi connectivity index (χ2v) is 4.94. The fourth-order valence-electron chi connectivity index (χ4n) is 2.18. The average molecular weight is 301 g/mol. The first-order valence-electron chi connectivity index (χ1n) is 6.36. The zero-order valence-corrected chi connectivity index (χ0v) is 12.1. The van der Waals surface area contributed by atoms with Crippen LogP contribution in [0.15, 0.2) is 47.5 Å². The zero-order valence-electron chi connectivity index (χ0n) is 11.3. The number of fused-ring (bicyclic) bond motifs is 1. The van der Waals surface area contributed by atoms with Crippen LogP contribution in [0.2, 0.25) is 5.02 Å². The third-order valence-electron chi connectivity index (χ3n) is 3.20. The maximum Gasteiger partial charge on any atom is 0.198 e. The monoisotopic (exact) mass is 300 g/mol. The third-order valence-corrected chi connectivity index (χ3v) is 3.43. The lowest BCUT2D eigenvalue weighted by molar-refractivity contribution is 0.416. The van der Waals surface area contributed by atoms with Gasteiger partial charge in [-0.1, -0.05) is 29.8 Å². The topological polar surface area (TPSA) is 57.6 Å². The quantitative estimate of drug-likeness (QED) is 0.709. The first-order chi connectivity index (χ1) is 10.2. The van der Waals surface area contributed by atoms with Crippen molar-refractivity contribution in [2.75, 3.05) is 7.11 Å². The number of nitrogens with one attached hydrogen (secondary N) is 1. The van der Waals surface area contributed by atoms with Gasteiger partial charge in [-0.25, -0.2) is 0 Å². The van der Waals surface area contributed by atoms with Gasteiger partial charge in [-0.05, 0) is 24.3 Å². The Morgan fingerprint density at radius 2 is 2.05 bits per heavy atom. The summed E-state index contributed by atoms with van der Waals surface area (Å²) < 4.78 is 5.25. The van der Waals surface area contributed by atoms with E-state index < -0.39 is 0 Å². The number of H-pyrrole nitrogens is 1. The summed E-state index contributed by atoms with van der Waals surface area (Å²) in [6, 6.07) is 12.8. The minimum absolute atomic E-state index is 0.0842. The highest BCUT2D eigenvalue weighted by atomic mass is 35.5. The molecule has 2 N–H and O–H groups in total. The Morgan fingerprint density at radius 3 is 2.86 bits per heavy atom. The number of methoxy groups -OCH3 is 1. The van der Waals surface area contributed by atoms with Gasteiger partial charge in [0.05, 0.1) is 12.7 Å². The predicted molar refractivity (Wildman–Crippen MR) is 85.2 cm³/mol. The highest BCUT2D eigenvalue weighted by molar-refractivity contribution is 6.30. The number of nitrogens with zero attached hydrogens (tertiary/aromatic N) is 1. The van der Waals surface area contributed by atoms with Crippen LogP contribution in [0.4, 0.5) is 5.69 Å². The molecule has 0 radical (unpaired) electrons. The summed E-state index contributed by atoms with van der Waals surface area (Å²) in [6.07, 6.45) is 1.60. The Hall–Kier alpha value is -2.46. The fraction of sp³-hybridized carbons (Fsp3) is 0.0625.